The van der Waals surface area contributed by atoms with E-state index in [1.54, 1.807) is 30.6 Å². The molecule has 3 heterocycles. The summed E-state index contributed by atoms with van der Waals surface area (Å²) in [7, 11) is 0. The maximum Gasteiger partial charge on any atom is 0.262 e. The van der Waals surface area contributed by atoms with Crippen molar-refractivity contribution in [2.45, 2.75) is 39.5 Å². The second-order valence-electron chi connectivity index (χ2n) is 7.57. The predicted molar refractivity (Wildman–Crippen MR) is 110 cm³/mol. The summed E-state index contributed by atoms with van der Waals surface area (Å²) in [6.45, 7) is 5.99. The van der Waals surface area contributed by atoms with E-state index in [1.165, 1.54) is 4.57 Å². The first-order valence-electron chi connectivity index (χ1n) is 9.07. The molecule has 0 saturated heterocycles. The van der Waals surface area contributed by atoms with Crippen LogP contribution in [-0.4, -0.2) is 36.9 Å². The highest BCUT2D eigenvalue weighted by Gasteiger charge is 2.17. The number of hydrogen-bond acceptors (Lipinski definition) is 7. The van der Waals surface area contributed by atoms with Crippen LogP contribution in [0.1, 0.15) is 26.3 Å². The lowest BCUT2D eigenvalue weighted by Gasteiger charge is -2.23. The van der Waals surface area contributed by atoms with Crippen molar-refractivity contribution in [2.24, 2.45) is 0 Å². The molecule has 0 radical (unpaired) electrons. The number of aliphatic hydroxyl groups is 2. The van der Waals surface area contributed by atoms with Crippen molar-refractivity contribution in [2.75, 3.05) is 17.2 Å². The van der Waals surface area contributed by atoms with Crippen molar-refractivity contribution in [3.8, 4) is 0 Å². The molecule has 8 nitrogen and oxygen atoms in total. The smallest absolute Gasteiger partial charge is 0.262 e. The van der Waals surface area contributed by atoms with E-state index in [2.05, 4.69) is 20.6 Å². The number of aromatic nitrogens is 3. The van der Waals surface area contributed by atoms with Crippen LogP contribution in [0.2, 0.25) is 0 Å². The van der Waals surface area contributed by atoms with E-state index >= 15 is 0 Å². The van der Waals surface area contributed by atoms with Gasteiger partial charge in [0.25, 0.3) is 5.56 Å². The third-order valence-corrected chi connectivity index (χ3v) is 4.06. The predicted octanol–water partition coefficient (Wildman–Crippen LogP) is 2.23. The molecule has 0 unspecified atom stereocenters. The average molecular weight is 383 g/mol. The molecule has 8 heteroatoms. The van der Waals surface area contributed by atoms with E-state index in [0.29, 0.717) is 22.8 Å². The van der Waals surface area contributed by atoms with Crippen LogP contribution in [0.3, 0.4) is 0 Å². The summed E-state index contributed by atoms with van der Waals surface area (Å²) >= 11 is 0. The van der Waals surface area contributed by atoms with Crippen LogP contribution in [0.4, 0.5) is 17.5 Å². The summed E-state index contributed by atoms with van der Waals surface area (Å²) in [5.41, 5.74) is 0.216. The Morgan fingerprint density at radius 1 is 1.14 bits per heavy atom. The summed E-state index contributed by atoms with van der Waals surface area (Å²) in [6, 6.07) is 7.07. The molecule has 3 aromatic heterocycles. The zero-order chi connectivity index (χ0) is 20.3. The number of hydrogen-bond donors (Lipinski definition) is 4. The Morgan fingerprint density at radius 3 is 2.61 bits per heavy atom. The third-order valence-electron chi connectivity index (χ3n) is 4.06. The third kappa shape index (κ3) is 4.47. The molecule has 3 aromatic rings. The molecular weight excluding hydrogens is 358 g/mol. The lowest BCUT2D eigenvalue weighted by molar-refractivity contribution is 0.274. The van der Waals surface area contributed by atoms with E-state index < -0.39 is 0 Å². The molecule has 0 spiro atoms. The minimum absolute atomic E-state index is 0.0798. The fraction of sp³-hybridized carbons (Fsp3) is 0.350. The highest BCUT2D eigenvalue weighted by atomic mass is 16.3. The van der Waals surface area contributed by atoms with Gasteiger partial charge in [-0.25, -0.2) is 9.97 Å². The molecule has 0 atom stereocenters. The van der Waals surface area contributed by atoms with Gasteiger partial charge in [-0.3, -0.25) is 4.79 Å². The van der Waals surface area contributed by atoms with Crippen LogP contribution in [-0.2, 0) is 13.2 Å². The molecule has 0 saturated carbocycles. The normalized spacial score (nSPS) is 11.6. The average Bonchev–Trinajstić information content (AvgIpc) is 2.63. The molecule has 0 fully saturated rings. The van der Waals surface area contributed by atoms with E-state index in [9.17, 15) is 15.0 Å². The standard InChI is InChI=1S/C20H25N5O3/c1-20(2,3)24-18-17-14(5-7-25(8-9-26)19(17)28)11-16(23-18)22-15-10-13(12-27)4-6-21-15/h4-7,10-11,26-27H,8-9,12H2,1-3H3,(H2,21,22,23,24). The van der Waals surface area contributed by atoms with Gasteiger partial charge in [-0.15, -0.1) is 0 Å². The highest BCUT2D eigenvalue weighted by molar-refractivity contribution is 5.93. The number of anilines is 3. The van der Waals surface area contributed by atoms with E-state index in [1.807, 2.05) is 26.8 Å². The summed E-state index contributed by atoms with van der Waals surface area (Å²) in [6.07, 6.45) is 3.27. The summed E-state index contributed by atoms with van der Waals surface area (Å²) in [4.78, 5) is 21.7. The van der Waals surface area contributed by atoms with E-state index in [-0.39, 0.29) is 30.9 Å². The number of nitrogens with one attached hydrogen (secondary N) is 2. The van der Waals surface area contributed by atoms with E-state index in [4.69, 9.17) is 0 Å². The monoisotopic (exact) mass is 383 g/mol. The highest BCUT2D eigenvalue weighted by Crippen LogP contribution is 2.26. The number of aliphatic hydroxyl groups excluding tert-OH is 2. The lowest BCUT2D eigenvalue weighted by atomic mass is 10.1. The molecule has 0 amide bonds. The van der Waals surface area contributed by atoms with Gasteiger partial charge in [0.15, 0.2) is 0 Å². The van der Waals surface area contributed by atoms with Crippen LogP contribution in [0.15, 0.2) is 41.5 Å². The minimum Gasteiger partial charge on any atom is -0.395 e. The number of rotatable bonds is 6. The van der Waals surface area contributed by atoms with Gasteiger partial charge in [0.1, 0.15) is 17.5 Å². The molecule has 0 aliphatic rings. The van der Waals surface area contributed by atoms with Crippen LogP contribution in [0.5, 0.6) is 0 Å². The second kappa shape index (κ2) is 7.95. The van der Waals surface area contributed by atoms with Gasteiger partial charge in [0.05, 0.1) is 18.6 Å². The Hall–Kier alpha value is -2.97. The fourth-order valence-electron chi connectivity index (χ4n) is 2.87. The van der Waals surface area contributed by atoms with Crippen molar-refractivity contribution < 1.29 is 10.2 Å². The van der Waals surface area contributed by atoms with Crippen molar-refractivity contribution in [3.63, 3.8) is 0 Å². The zero-order valence-electron chi connectivity index (χ0n) is 16.2. The number of fused-ring (bicyclic) bond motifs is 1. The van der Waals surface area contributed by atoms with Crippen LogP contribution < -0.4 is 16.2 Å². The summed E-state index contributed by atoms with van der Waals surface area (Å²) in [5.74, 6) is 1.54. The summed E-state index contributed by atoms with van der Waals surface area (Å²) in [5, 5.41) is 26.1. The number of nitrogens with zero attached hydrogens (tertiary/aromatic N) is 3. The second-order valence-corrected chi connectivity index (χ2v) is 7.57. The Bertz CT molecular complexity index is 1040. The van der Waals surface area contributed by atoms with Gasteiger partial charge in [-0.2, -0.15) is 0 Å². The SMILES string of the molecule is CC(C)(C)Nc1nc(Nc2cc(CO)ccn2)cc2ccn(CCO)c(=O)c12. The van der Waals surface area contributed by atoms with Crippen molar-refractivity contribution in [3.05, 3.63) is 52.6 Å². The molecular formula is C20H25N5O3. The van der Waals surface area contributed by atoms with Gasteiger partial charge in [0.2, 0.25) is 0 Å². The molecule has 3 rings (SSSR count). The van der Waals surface area contributed by atoms with Gasteiger partial charge < -0.3 is 25.4 Å². The Balaban J connectivity index is 2.12. The first-order chi connectivity index (χ1) is 13.3. The largest absolute Gasteiger partial charge is 0.395 e. The van der Waals surface area contributed by atoms with Gasteiger partial charge in [-0.1, -0.05) is 0 Å². The maximum atomic E-state index is 12.9. The minimum atomic E-state index is -0.308. The Morgan fingerprint density at radius 2 is 1.93 bits per heavy atom. The van der Waals surface area contributed by atoms with Crippen LogP contribution >= 0.6 is 0 Å². The Kier molecular flexibility index (Phi) is 5.62. The lowest BCUT2D eigenvalue weighted by Crippen LogP contribution is -2.29. The first kappa shape index (κ1) is 19.8. The van der Waals surface area contributed by atoms with Gasteiger partial charge in [0, 0.05) is 24.5 Å². The van der Waals surface area contributed by atoms with Crippen LogP contribution in [0.25, 0.3) is 10.8 Å². The van der Waals surface area contributed by atoms with Gasteiger partial charge >= 0.3 is 0 Å². The van der Waals surface area contributed by atoms with Crippen molar-refractivity contribution in [1.82, 2.24) is 14.5 Å². The molecule has 28 heavy (non-hydrogen) atoms. The van der Waals surface area contributed by atoms with Gasteiger partial charge in [-0.05, 0) is 56.0 Å². The molecule has 148 valence electrons. The number of pyridine rings is 3. The van der Waals surface area contributed by atoms with Crippen molar-refractivity contribution >= 4 is 28.2 Å². The molecule has 0 aromatic carbocycles. The molecule has 0 aliphatic carbocycles. The molecule has 0 bridgehead atoms. The molecule has 0 aliphatic heterocycles. The zero-order valence-corrected chi connectivity index (χ0v) is 16.2. The fourth-order valence-corrected chi connectivity index (χ4v) is 2.87. The quantitative estimate of drug-likeness (QED) is 0.516. The topological polar surface area (TPSA) is 112 Å². The molecule has 4 N–H and O–H groups in total. The van der Waals surface area contributed by atoms with Crippen LogP contribution in [0, 0.1) is 0 Å². The first-order valence-corrected chi connectivity index (χ1v) is 9.07. The van der Waals surface area contributed by atoms with Crippen molar-refractivity contribution in [1.29, 1.82) is 0 Å². The van der Waals surface area contributed by atoms with E-state index in [0.717, 1.165) is 10.9 Å². The summed E-state index contributed by atoms with van der Waals surface area (Å²) < 4.78 is 1.47. The Labute approximate surface area is 162 Å². The maximum absolute atomic E-state index is 12.9.